The molecule has 0 aliphatic carbocycles. The first-order valence-electron chi connectivity index (χ1n) is 29.2. The zero-order chi connectivity index (χ0) is 50.0. The van der Waals surface area contributed by atoms with Crippen LogP contribution in [0.3, 0.4) is 0 Å². The summed E-state index contributed by atoms with van der Waals surface area (Å²) < 4.78 is 16.8. The molecule has 0 fully saturated rings. The average molecular weight is 962 g/mol. The molecule has 0 aliphatic heterocycles. The minimum atomic E-state index is -0.798. The van der Waals surface area contributed by atoms with Crippen molar-refractivity contribution in [1.82, 2.24) is 0 Å². The van der Waals surface area contributed by atoms with Gasteiger partial charge in [-0.05, 0) is 89.9 Å². The SMILES string of the molecule is CC\C=C/C=C\C=C/C=C\CCCCCCCC(=O)OCC(COC(=O)CCCCCCC/C=C\C=C/CCCCCCCCC)OC(=O)CCCCCCC/C=C\CCCCCCCCCCC. The van der Waals surface area contributed by atoms with Crippen molar-refractivity contribution in [2.24, 2.45) is 0 Å². The highest BCUT2D eigenvalue weighted by Gasteiger charge is 2.19. The second-order valence-electron chi connectivity index (χ2n) is 19.3. The lowest BCUT2D eigenvalue weighted by Crippen LogP contribution is -2.30. The first-order chi connectivity index (χ1) is 34.0. The molecule has 1 atom stereocenters. The minimum Gasteiger partial charge on any atom is -0.462 e. The first-order valence-corrected chi connectivity index (χ1v) is 29.2. The highest BCUT2D eigenvalue weighted by Crippen LogP contribution is 2.15. The monoisotopic (exact) mass is 961 g/mol. The van der Waals surface area contributed by atoms with Gasteiger partial charge in [-0.25, -0.2) is 0 Å². The van der Waals surface area contributed by atoms with Crippen molar-refractivity contribution in [2.45, 2.75) is 284 Å². The molecule has 6 heteroatoms. The Morgan fingerprint density at radius 1 is 0.304 bits per heavy atom. The van der Waals surface area contributed by atoms with Crippen molar-refractivity contribution in [3.05, 3.63) is 85.1 Å². The molecule has 0 heterocycles. The largest absolute Gasteiger partial charge is 0.462 e. The average Bonchev–Trinajstić information content (AvgIpc) is 3.35. The van der Waals surface area contributed by atoms with E-state index in [-0.39, 0.29) is 31.1 Å². The molecule has 0 N–H and O–H groups in total. The van der Waals surface area contributed by atoms with Crippen LogP contribution in [-0.2, 0) is 28.6 Å². The number of carbonyl (C=O) groups excluding carboxylic acids is 3. The van der Waals surface area contributed by atoms with Crippen molar-refractivity contribution < 1.29 is 28.6 Å². The standard InChI is InChI=1S/C63H108O6/c1-4-7-10-13-16-19-22-25-28-30-32-35-38-41-44-47-50-53-56-62(65)68-59-60(58-67-61(64)55-52-49-46-43-40-37-34-27-24-21-18-15-12-9-6-3)69-63(66)57-54-51-48-45-42-39-36-33-31-29-26-23-20-17-14-11-8-5-2/h9,12,15,18,21,24,27-28,30,32-36,60H,4-8,10-11,13-14,16-17,19-20,22-23,25-26,29,31,37-59H2,1-3H3/b12-9-,18-15-,24-21-,30-28-,34-27-,35-32-,36-33-. The lowest BCUT2D eigenvalue weighted by atomic mass is 10.1. The van der Waals surface area contributed by atoms with E-state index in [0.29, 0.717) is 19.3 Å². The van der Waals surface area contributed by atoms with Crippen molar-refractivity contribution in [1.29, 1.82) is 0 Å². The Hall–Kier alpha value is -3.41. The first kappa shape index (κ1) is 65.6. The summed E-state index contributed by atoms with van der Waals surface area (Å²) in [7, 11) is 0. The van der Waals surface area contributed by atoms with E-state index in [4.69, 9.17) is 14.2 Å². The lowest BCUT2D eigenvalue weighted by molar-refractivity contribution is -0.167. The van der Waals surface area contributed by atoms with E-state index in [1.54, 1.807) is 0 Å². The van der Waals surface area contributed by atoms with Crippen LogP contribution in [0.15, 0.2) is 85.1 Å². The summed E-state index contributed by atoms with van der Waals surface area (Å²) in [6.07, 6.45) is 74.3. The lowest BCUT2D eigenvalue weighted by Gasteiger charge is -2.18. The fourth-order valence-corrected chi connectivity index (χ4v) is 8.09. The minimum absolute atomic E-state index is 0.0957. The van der Waals surface area contributed by atoms with Gasteiger partial charge >= 0.3 is 17.9 Å². The summed E-state index contributed by atoms with van der Waals surface area (Å²) in [5, 5.41) is 0. The molecule has 0 aromatic rings. The van der Waals surface area contributed by atoms with Crippen LogP contribution in [-0.4, -0.2) is 37.2 Å². The van der Waals surface area contributed by atoms with Gasteiger partial charge in [0, 0.05) is 19.3 Å². The number of hydrogen-bond donors (Lipinski definition) is 0. The third-order valence-electron chi connectivity index (χ3n) is 12.5. The normalized spacial score (nSPS) is 12.7. The van der Waals surface area contributed by atoms with Crippen LogP contribution in [0.5, 0.6) is 0 Å². The summed E-state index contributed by atoms with van der Waals surface area (Å²) in [6.45, 7) is 6.47. The number of carbonyl (C=O) groups is 3. The van der Waals surface area contributed by atoms with E-state index in [0.717, 1.165) is 116 Å². The van der Waals surface area contributed by atoms with E-state index in [2.05, 4.69) is 87.6 Å². The highest BCUT2D eigenvalue weighted by molar-refractivity contribution is 5.71. The number of rotatable bonds is 52. The van der Waals surface area contributed by atoms with Gasteiger partial charge in [0.15, 0.2) is 6.10 Å². The molecule has 6 nitrogen and oxygen atoms in total. The number of allylic oxidation sites excluding steroid dienone is 14. The van der Waals surface area contributed by atoms with Gasteiger partial charge < -0.3 is 14.2 Å². The van der Waals surface area contributed by atoms with Gasteiger partial charge in [0.05, 0.1) is 0 Å². The molecule has 0 spiro atoms. The highest BCUT2D eigenvalue weighted by atomic mass is 16.6. The third-order valence-corrected chi connectivity index (χ3v) is 12.5. The predicted molar refractivity (Wildman–Crippen MR) is 297 cm³/mol. The number of esters is 3. The molecule has 0 amide bonds. The van der Waals surface area contributed by atoms with E-state index in [9.17, 15) is 14.4 Å². The number of ether oxygens (including phenoxy) is 3. The summed E-state index contributed by atoms with van der Waals surface area (Å²) in [4.78, 5) is 38.2. The van der Waals surface area contributed by atoms with Crippen LogP contribution in [0, 0.1) is 0 Å². The summed E-state index contributed by atoms with van der Waals surface area (Å²) in [5.41, 5.74) is 0. The Balaban J connectivity index is 4.45. The van der Waals surface area contributed by atoms with E-state index < -0.39 is 6.10 Å². The molecule has 0 saturated heterocycles. The summed E-state index contributed by atoms with van der Waals surface area (Å²) in [6, 6.07) is 0. The fourth-order valence-electron chi connectivity index (χ4n) is 8.09. The summed E-state index contributed by atoms with van der Waals surface area (Å²) >= 11 is 0. The predicted octanol–water partition coefficient (Wildman–Crippen LogP) is 19.5. The smallest absolute Gasteiger partial charge is 0.306 e. The Kier molecular flexibility index (Phi) is 54.3. The van der Waals surface area contributed by atoms with Crippen LogP contribution < -0.4 is 0 Å². The van der Waals surface area contributed by atoms with Gasteiger partial charge in [-0.3, -0.25) is 14.4 Å². The van der Waals surface area contributed by atoms with Crippen molar-refractivity contribution in [3.8, 4) is 0 Å². The Labute approximate surface area is 426 Å². The maximum absolute atomic E-state index is 12.9. The maximum Gasteiger partial charge on any atom is 0.306 e. The Morgan fingerprint density at radius 2 is 0.580 bits per heavy atom. The molecule has 396 valence electrons. The van der Waals surface area contributed by atoms with E-state index >= 15 is 0 Å². The van der Waals surface area contributed by atoms with Gasteiger partial charge in [-0.2, -0.15) is 0 Å². The Bertz CT molecular complexity index is 1330. The van der Waals surface area contributed by atoms with Crippen LogP contribution in [0.1, 0.15) is 278 Å². The van der Waals surface area contributed by atoms with Gasteiger partial charge in [0.25, 0.3) is 0 Å². The van der Waals surface area contributed by atoms with Crippen molar-refractivity contribution in [2.75, 3.05) is 13.2 Å². The van der Waals surface area contributed by atoms with Gasteiger partial charge in [-0.15, -0.1) is 0 Å². The van der Waals surface area contributed by atoms with Crippen LogP contribution in [0.2, 0.25) is 0 Å². The molecule has 0 aliphatic rings. The molecule has 69 heavy (non-hydrogen) atoms. The molecule has 0 rings (SSSR count). The second-order valence-corrected chi connectivity index (χ2v) is 19.3. The van der Waals surface area contributed by atoms with Gasteiger partial charge in [-0.1, -0.05) is 254 Å². The zero-order valence-corrected chi connectivity index (χ0v) is 45.3. The van der Waals surface area contributed by atoms with Crippen LogP contribution in [0.25, 0.3) is 0 Å². The molecule has 0 saturated carbocycles. The molecule has 0 aromatic carbocycles. The second kappa shape index (κ2) is 57.2. The molecule has 0 bridgehead atoms. The van der Waals surface area contributed by atoms with E-state index in [1.165, 1.54) is 122 Å². The molecule has 0 aromatic heterocycles. The number of unbranched alkanes of at least 4 members (excludes halogenated alkanes) is 31. The topological polar surface area (TPSA) is 78.9 Å². The van der Waals surface area contributed by atoms with E-state index in [1.807, 2.05) is 18.2 Å². The Morgan fingerprint density at radius 3 is 0.942 bits per heavy atom. The fraction of sp³-hybridized carbons (Fsp3) is 0.730. The number of hydrogen-bond acceptors (Lipinski definition) is 6. The van der Waals surface area contributed by atoms with Crippen LogP contribution in [0.4, 0.5) is 0 Å². The van der Waals surface area contributed by atoms with Crippen molar-refractivity contribution >= 4 is 17.9 Å². The summed E-state index contributed by atoms with van der Waals surface area (Å²) in [5.74, 6) is -0.935. The molecule has 0 radical (unpaired) electrons. The molecular weight excluding hydrogens is 853 g/mol. The quantitative estimate of drug-likeness (QED) is 0.0199. The van der Waals surface area contributed by atoms with Crippen LogP contribution >= 0.6 is 0 Å². The molecular formula is C63H108O6. The molecule has 1 unspecified atom stereocenters. The zero-order valence-electron chi connectivity index (χ0n) is 45.3. The van der Waals surface area contributed by atoms with Gasteiger partial charge in [0.2, 0.25) is 0 Å². The van der Waals surface area contributed by atoms with Crippen molar-refractivity contribution in [3.63, 3.8) is 0 Å². The maximum atomic E-state index is 12.9. The third kappa shape index (κ3) is 55.4. The van der Waals surface area contributed by atoms with Gasteiger partial charge in [0.1, 0.15) is 13.2 Å².